The number of hydrogen-bond acceptors (Lipinski definition) is 4. The van der Waals surface area contributed by atoms with Crippen LogP contribution >= 0.6 is 11.6 Å². The summed E-state index contributed by atoms with van der Waals surface area (Å²) < 4.78 is 10.8. The molecule has 0 aliphatic rings. The van der Waals surface area contributed by atoms with Gasteiger partial charge in [0, 0.05) is 28.0 Å². The number of rotatable bonds is 6. The van der Waals surface area contributed by atoms with Gasteiger partial charge in [-0.05, 0) is 31.5 Å². The topological polar surface area (TPSA) is 56.5 Å². The van der Waals surface area contributed by atoms with E-state index in [4.69, 9.17) is 20.8 Å². The highest BCUT2D eigenvalue weighted by atomic mass is 35.5. The van der Waals surface area contributed by atoms with E-state index in [1.807, 2.05) is 6.07 Å². The van der Waals surface area contributed by atoms with Crippen LogP contribution in [0.3, 0.4) is 0 Å². The van der Waals surface area contributed by atoms with Crippen molar-refractivity contribution < 1.29 is 18.7 Å². The number of esters is 1. The van der Waals surface area contributed by atoms with Gasteiger partial charge in [0.15, 0.2) is 5.76 Å². The smallest absolute Gasteiger partial charge is 0.306 e. The maximum atomic E-state index is 12.8. The van der Waals surface area contributed by atoms with Crippen LogP contribution in [-0.4, -0.2) is 18.4 Å². The summed E-state index contributed by atoms with van der Waals surface area (Å²) in [5.41, 5.74) is 1.78. The van der Waals surface area contributed by atoms with Gasteiger partial charge in [-0.3, -0.25) is 9.59 Å². The zero-order valence-electron chi connectivity index (χ0n) is 13.8. The van der Waals surface area contributed by atoms with Crippen LogP contribution in [0.25, 0.3) is 11.0 Å². The van der Waals surface area contributed by atoms with Gasteiger partial charge in [-0.25, -0.2) is 0 Å². The zero-order chi connectivity index (χ0) is 17.8. The number of hydrogen-bond donors (Lipinski definition) is 0. The molecule has 1 heterocycles. The van der Waals surface area contributed by atoms with Crippen LogP contribution < -0.4 is 0 Å². The molecule has 25 heavy (non-hydrogen) atoms. The molecule has 0 atom stereocenters. The van der Waals surface area contributed by atoms with Crippen molar-refractivity contribution >= 4 is 34.3 Å². The summed E-state index contributed by atoms with van der Waals surface area (Å²) in [6.45, 7) is 2.09. The van der Waals surface area contributed by atoms with Gasteiger partial charge in [0.2, 0.25) is 5.78 Å². The third-order valence-electron chi connectivity index (χ3n) is 3.88. The summed E-state index contributed by atoms with van der Waals surface area (Å²) in [6.07, 6.45) is 0.518. The number of furan rings is 1. The highest BCUT2D eigenvalue weighted by molar-refractivity contribution is 6.31. The number of carbonyl (C=O) groups is 2. The van der Waals surface area contributed by atoms with Crippen LogP contribution in [0.15, 0.2) is 52.9 Å². The summed E-state index contributed by atoms with van der Waals surface area (Å²) in [5, 5.41) is 1.29. The summed E-state index contributed by atoms with van der Waals surface area (Å²) in [5.74, 6) is -0.281. The Morgan fingerprint density at radius 1 is 1.12 bits per heavy atom. The molecule has 128 valence electrons. The van der Waals surface area contributed by atoms with Crippen LogP contribution in [0.2, 0.25) is 5.02 Å². The van der Waals surface area contributed by atoms with Gasteiger partial charge < -0.3 is 9.15 Å². The minimum atomic E-state index is -0.308. The quantitative estimate of drug-likeness (QED) is 0.469. The Hall–Kier alpha value is -2.59. The molecule has 0 saturated heterocycles. The second kappa shape index (κ2) is 7.53. The molecule has 3 aromatic rings. The van der Waals surface area contributed by atoms with E-state index in [9.17, 15) is 9.59 Å². The Balaban J connectivity index is 2.03. The first kappa shape index (κ1) is 17.2. The fraction of sp³-hybridized carbons (Fsp3) is 0.200. The van der Waals surface area contributed by atoms with E-state index in [1.54, 1.807) is 49.4 Å². The molecule has 0 bridgehead atoms. The number of halogens is 1. The van der Waals surface area contributed by atoms with Crippen LogP contribution in [0.4, 0.5) is 0 Å². The average molecular weight is 357 g/mol. The molecule has 0 aliphatic heterocycles. The number of carbonyl (C=O) groups excluding carboxylic acids is 2. The van der Waals surface area contributed by atoms with E-state index in [0.717, 1.165) is 5.39 Å². The molecule has 2 aromatic carbocycles. The lowest BCUT2D eigenvalue weighted by atomic mass is 10.0. The highest BCUT2D eigenvalue weighted by Gasteiger charge is 2.22. The lowest BCUT2D eigenvalue weighted by Gasteiger charge is -2.04. The number of ether oxygens (including phenoxy) is 1. The molecule has 0 aliphatic carbocycles. The van der Waals surface area contributed by atoms with Crippen LogP contribution in [-0.2, 0) is 16.0 Å². The Morgan fingerprint density at radius 2 is 1.88 bits per heavy atom. The van der Waals surface area contributed by atoms with Crippen molar-refractivity contribution in [2.45, 2.75) is 19.8 Å². The number of aryl methyl sites for hydroxylation is 1. The van der Waals surface area contributed by atoms with Crippen molar-refractivity contribution in [3.8, 4) is 0 Å². The Kier molecular flexibility index (Phi) is 5.19. The monoisotopic (exact) mass is 356 g/mol. The van der Waals surface area contributed by atoms with Gasteiger partial charge in [0.25, 0.3) is 0 Å². The maximum Gasteiger partial charge on any atom is 0.306 e. The zero-order valence-corrected chi connectivity index (χ0v) is 14.5. The average Bonchev–Trinajstić information content (AvgIpc) is 2.98. The lowest BCUT2D eigenvalue weighted by Crippen LogP contribution is -2.08. The van der Waals surface area contributed by atoms with Crippen LogP contribution in [0, 0.1) is 0 Å². The Bertz CT molecular complexity index is 912. The second-order valence-electron chi connectivity index (χ2n) is 5.55. The molecule has 4 nitrogen and oxygen atoms in total. The van der Waals surface area contributed by atoms with Crippen molar-refractivity contribution in [3.63, 3.8) is 0 Å². The SMILES string of the molecule is CCOC(=O)CCc1c(C(=O)c2ccccc2)oc2ccc(Cl)cc12. The normalized spacial score (nSPS) is 10.8. The predicted octanol–water partition coefficient (Wildman–Crippen LogP) is 4.81. The molecule has 0 fully saturated rings. The van der Waals surface area contributed by atoms with Gasteiger partial charge in [0.05, 0.1) is 6.61 Å². The molecule has 5 heteroatoms. The molecule has 0 unspecified atom stereocenters. The Labute approximate surface area is 150 Å². The first-order valence-electron chi connectivity index (χ1n) is 8.06. The van der Waals surface area contributed by atoms with Gasteiger partial charge in [0.1, 0.15) is 5.58 Å². The summed E-state index contributed by atoms with van der Waals surface area (Å²) in [4.78, 5) is 24.6. The molecule has 1 aromatic heterocycles. The first-order valence-corrected chi connectivity index (χ1v) is 8.44. The Morgan fingerprint density at radius 3 is 2.60 bits per heavy atom. The van der Waals surface area contributed by atoms with Crippen molar-refractivity contribution in [2.24, 2.45) is 0 Å². The summed E-state index contributed by atoms with van der Waals surface area (Å²) in [7, 11) is 0. The third kappa shape index (κ3) is 3.74. The number of ketones is 1. The van der Waals surface area contributed by atoms with E-state index < -0.39 is 0 Å². The summed E-state index contributed by atoms with van der Waals surface area (Å²) in [6, 6.07) is 14.1. The van der Waals surface area contributed by atoms with E-state index in [2.05, 4.69) is 0 Å². The van der Waals surface area contributed by atoms with E-state index in [1.165, 1.54) is 0 Å². The van der Waals surface area contributed by atoms with Crippen LogP contribution in [0.1, 0.15) is 35.0 Å². The summed E-state index contributed by atoms with van der Waals surface area (Å²) >= 11 is 6.09. The molecule has 0 N–H and O–H groups in total. The van der Waals surface area contributed by atoms with E-state index in [0.29, 0.717) is 34.8 Å². The van der Waals surface area contributed by atoms with E-state index in [-0.39, 0.29) is 23.9 Å². The first-order chi connectivity index (χ1) is 12.1. The molecule has 0 spiro atoms. The third-order valence-corrected chi connectivity index (χ3v) is 4.11. The molecular weight excluding hydrogens is 340 g/mol. The molecule has 0 radical (unpaired) electrons. The predicted molar refractivity (Wildman–Crippen MR) is 96.1 cm³/mol. The highest BCUT2D eigenvalue weighted by Crippen LogP contribution is 2.31. The van der Waals surface area contributed by atoms with Crippen molar-refractivity contribution in [1.29, 1.82) is 0 Å². The molecule has 0 saturated carbocycles. The molecule has 3 rings (SSSR count). The maximum absolute atomic E-state index is 12.8. The largest absolute Gasteiger partial charge is 0.466 e. The van der Waals surface area contributed by atoms with Gasteiger partial charge in [-0.2, -0.15) is 0 Å². The van der Waals surface area contributed by atoms with Gasteiger partial charge >= 0.3 is 5.97 Å². The van der Waals surface area contributed by atoms with Crippen LogP contribution in [0.5, 0.6) is 0 Å². The number of fused-ring (bicyclic) bond motifs is 1. The van der Waals surface area contributed by atoms with E-state index >= 15 is 0 Å². The minimum absolute atomic E-state index is 0.171. The fourth-order valence-electron chi connectivity index (χ4n) is 2.73. The van der Waals surface area contributed by atoms with Crippen molar-refractivity contribution in [3.05, 3.63) is 70.4 Å². The van der Waals surface area contributed by atoms with Crippen molar-refractivity contribution in [1.82, 2.24) is 0 Å². The second-order valence-corrected chi connectivity index (χ2v) is 5.99. The molecule has 0 amide bonds. The van der Waals surface area contributed by atoms with Gasteiger partial charge in [-0.1, -0.05) is 41.9 Å². The fourth-order valence-corrected chi connectivity index (χ4v) is 2.91. The minimum Gasteiger partial charge on any atom is -0.466 e. The number of benzene rings is 2. The molecular formula is C20H17ClO4. The van der Waals surface area contributed by atoms with Gasteiger partial charge in [-0.15, -0.1) is 0 Å². The standard InChI is InChI=1S/C20H17ClO4/c1-2-24-18(22)11-9-15-16-12-14(21)8-10-17(16)25-20(15)19(23)13-6-4-3-5-7-13/h3-8,10,12H,2,9,11H2,1H3. The lowest BCUT2D eigenvalue weighted by molar-refractivity contribution is -0.143. The van der Waals surface area contributed by atoms with Crippen molar-refractivity contribution in [2.75, 3.05) is 6.61 Å².